The Hall–Kier alpha value is -1.50. The smallest absolute Gasteiger partial charge is 0.236 e. The number of piperidine rings is 1. The van der Waals surface area contributed by atoms with Crippen LogP contribution in [0.5, 0.6) is 5.75 Å². The van der Waals surface area contributed by atoms with E-state index in [0.717, 1.165) is 37.2 Å². The quantitative estimate of drug-likeness (QED) is 0.529. The van der Waals surface area contributed by atoms with Gasteiger partial charge >= 0.3 is 0 Å². The Balaban J connectivity index is 1.48. The molecule has 2 fully saturated rings. The molecule has 2 saturated heterocycles. The minimum atomic E-state index is -0.126. The Morgan fingerprint density at radius 1 is 1.06 bits per heavy atom. The number of halogens is 3. The molecule has 4 rings (SSSR count). The molecule has 0 aliphatic carbocycles. The normalized spacial score (nSPS) is 22.7. The van der Waals surface area contributed by atoms with Crippen LogP contribution in [0.2, 0.25) is 15.1 Å². The molecule has 2 heterocycles. The molecule has 0 radical (unpaired) electrons. The fraction of sp³-hybridized carbons (Fsp3) is 0.500. The largest absolute Gasteiger partial charge is 0.490 e. The van der Waals surface area contributed by atoms with Gasteiger partial charge in [0, 0.05) is 36.6 Å². The lowest BCUT2D eigenvalue weighted by Crippen LogP contribution is -2.43. The lowest BCUT2D eigenvalue weighted by Gasteiger charge is -2.31. The molecule has 1 N–H and O–H groups in total. The second-order valence-electron chi connectivity index (χ2n) is 9.42. The van der Waals surface area contributed by atoms with Gasteiger partial charge in [0.05, 0.1) is 16.6 Å². The fourth-order valence-corrected chi connectivity index (χ4v) is 5.47. The van der Waals surface area contributed by atoms with Crippen molar-refractivity contribution in [2.24, 2.45) is 11.8 Å². The second-order valence-corrected chi connectivity index (χ2v) is 10.7. The molecule has 0 spiro atoms. The fourth-order valence-electron chi connectivity index (χ4n) is 5.04. The van der Waals surface area contributed by atoms with Crippen LogP contribution in [0.4, 0.5) is 0 Å². The Kier molecular flexibility index (Phi) is 8.65. The zero-order valence-corrected chi connectivity index (χ0v) is 21.6. The molecule has 0 bridgehead atoms. The highest BCUT2D eigenvalue weighted by Crippen LogP contribution is 2.38. The highest BCUT2D eigenvalue weighted by atomic mass is 35.5. The van der Waals surface area contributed by atoms with E-state index in [1.807, 2.05) is 47.4 Å². The number of rotatable bonds is 7. The van der Waals surface area contributed by atoms with E-state index in [-0.39, 0.29) is 30.5 Å². The number of hydrogen-bond donors (Lipinski definition) is 1. The number of amides is 1. The number of benzene rings is 2. The summed E-state index contributed by atoms with van der Waals surface area (Å²) >= 11 is 18.5. The molecule has 2 aromatic rings. The van der Waals surface area contributed by atoms with Crippen LogP contribution in [0.1, 0.15) is 31.2 Å². The van der Waals surface area contributed by atoms with Gasteiger partial charge < -0.3 is 14.7 Å². The number of hydrogen-bond acceptors (Lipinski definition) is 4. The lowest BCUT2D eigenvalue weighted by molar-refractivity contribution is -0.132. The minimum absolute atomic E-state index is 0.0844. The summed E-state index contributed by atoms with van der Waals surface area (Å²) in [6.07, 6.45) is 1.74. The van der Waals surface area contributed by atoms with Gasteiger partial charge in [-0.05, 0) is 80.7 Å². The first kappa shape index (κ1) is 25.6. The van der Waals surface area contributed by atoms with E-state index >= 15 is 0 Å². The molecule has 184 valence electrons. The molecule has 0 saturated carbocycles. The monoisotopic (exact) mass is 524 g/mol. The van der Waals surface area contributed by atoms with Crippen LogP contribution in [0.3, 0.4) is 0 Å². The summed E-state index contributed by atoms with van der Waals surface area (Å²) in [4.78, 5) is 17.4. The number of nitrogens with zero attached hydrogens (tertiary/aromatic N) is 2. The minimum Gasteiger partial charge on any atom is -0.490 e. The Morgan fingerprint density at radius 2 is 1.76 bits per heavy atom. The SMILES string of the molecule is C[C@@H](Oc1ccc(Cl)cc1)C1CN(C(=O)CN2CCC(CO)CC2)C[C@H]1c1ccc(Cl)c(Cl)c1. The average Bonchev–Trinajstić information content (AvgIpc) is 3.29. The highest BCUT2D eigenvalue weighted by molar-refractivity contribution is 6.42. The van der Waals surface area contributed by atoms with Gasteiger partial charge in [0.25, 0.3) is 0 Å². The first-order valence-corrected chi connectivity index (χ1v) is 13.0. The van der Waals surface area contributed by atoms with Crippen molar-refractivity contribution in [1.29, 1.82) is 0 Å². The summed E-state index contributed by atoms with van der Waals surface area (Å²) in [5.74, 6) is 1.42. The maximum absolute atomic E-state index is 13.3. The van der Waals surface area contributed by atoms with Crippen LogP contribution in [-0.2, 0) is 4.79 Å². The molecule has 2 aromatic carbocycles. The predicted molar refractivity (Wildman–Crippen MR) is 137 cm³/mol. The van der Waals surface area contributed by atoms with E-state index in [1.54, 1.807) is 0 Å². The topological polar surface area (TPSA) is 53.0 Å². The highest BCUT2D eigenvalue weighted by Gasteiger charge is 2.40. The van der Waals surface area contributed by atoms with Crippen molar-refractivity contribution in [2.45, 2.75) is 31.8 Å². The van der Waals surface area contributed by atoms with E-state index in [9.17, 15) is 9.90 Å². The Labute approximate surface area is 216 Å². The number of ether oxygens (including phenoxy) is 1. The Bertz CT molecular complexity index is 980. The summed E-state index contributed by atoms with van der Waals surface area (Å²) in [5.41, 5.74) is 1.06. The predicted octanol–water partition coefficient (Wildman–Crippen LogP) is 5.36. The van der Waals surface area contributed by atoms with Crippen LogP contribution in [0.25, 0.3) is 0 Å². The zero-order valence-electron chi connectivity index (χ0n) is 19.3. The van der Waals surface area contributed by atoms with Crippen LogP contribution in [-0.4, -0.2) is 66.2 Å². The number of carbonyl (C=O) groups excluding carboxylic acids is 1. The van der Waals surface area contributed by atoms with Gasteiger partial charge in [-0.25, -0.2) is 0 Å². The number of carbonyl (C=O) groups is 1. The molecule has 5 nitrogen and oxygen atoms in total. The maximum atomic E-state index is 13.3. The van der Waals surface area contributed by atoms with Crippen molar-refractivity contribution in [3.05, 3.63) is 63.1 Å². The van der Waals surface area contributed by atoms with Crippen molar-refractivity contribution in [3.63, 3.8) is 0 Å². The van der Waals surface area contributed by atoms with Gasteiger partial charge in [0.2, 0.25) is 5.91 Å². The standard InChI is InChI=1S/C26H31Cl3N2O3/c1-17(34-21-5-3-20(27)4-6-21)22-13-31(14-23(22)19-2-7-24(28)25(29)12-19)26(33)15-30-10-8-18(16-32)9-11-30/h2-7,12,17-18,22-23,32H,8-11,13-16H2,1H3/t17-,22?,23+/m1/s1. The van der Waals surface area contributed by atoms with Gasteiger partial charge in [-0.15, -0.1) is 0 Å². The van der Waals surface area contributed by atoms with Crippen molar-refractivity contribution >= 4 is 40.7 Å². The van der Waals surface area contributed by atoms with Gasteiger partial charge in [-0.2, -0.15) is 0 Å². The van der Waals surface area contributed by atoms with Crippen molar-refractivity contribution in [2.75, 3.05) is 39.3 Å². The molecular formula is C26H31Cl3N2O3. The summed E-state index contributed by atoms with van der Waals surface area (Å²) in [6, 6.07) is 13.1. The van der Waals surface area contributed by atoms with Crippen molar-refractivity contribution in [3.8, 4) is 5.75 Å². The summed E-state index contributed by atoms with van der Waals surface area (Å²) in [6.45, 7) is 5.62. The molecule has 3 atom stereocenters. The first-order chi connectivity index (χ1) is 16.3. The maximum Gasteiger partial charge on any atom is 0.236 e. The van der Waals surface area contributed by atoms with Crippen molar-refractivity contribution in [1.82, 2.24) is 9.80 Å². The number of aliphatic hydroxyl groups is 1. The molecular weight excluding hydrogens is 495 g/mol. The zero-order chi connectivity index (χ0) is 24.2. The first-order valence-electron chi connectivity index (χ1n) is 11.8. The second kappa shape index (κ2) is 11.5. The average molecular weight is 526 g/mol. The molecule has 8 heteroatoms. The number of likely N-dealkylation sites (tertiary alicyclic amines) is 2. The lowest BCUT2D eigenvalue weighted by atomic mass is 9.85. The molecule has 1 unspecified atom stereocenters. The summed E-state index contributed by atoms with van der Waals surface area (Å²) in [7, 11) is 0. The van der Waals surface area contributed by atoms with Gasteiger partial charge in [-0.1, -0.05) is 40.9 Å². The van der Waals surface area contributed by atoms with E-state index in [2.05, 4.69) is 11.8 Å². The summed E-state index contributed by atoms with van der Waals surface area (Å²) in [5, 5.41) is 11.1. The Morgan fingerprint density at radius 3 is 2.41 bits per heavy atom. The van der Waals surface area contributed by atoms with E-state index in [0.29, 0.717) is 40.6 Å². The van der Waals surface area contributed by atoms with Crippen LogP contribution in [0.15, 0.2) is 42.5 Å². The van der Waals surface area contributed by atoms with Crippen LogP contribution < -0.4 is 4.74 Å². The molecule has 1 amide bonds. The van der Waals surface area contributed by atoms with E-state index < -0.39 is 0 Å². The molecule has 34 heavy (non-hydrogen) atoms. The molecule has 0 aromatic heterocycles. The molecule has 2 aliphatic heterocycles. The molecule has 2 aliphatic rings. The van der Waals surface area contributed by atoms with Crippen molar-refractivity contribution < 1.29 is 14.6 Å². The summed E-state index contributed by atoms with van der Waals surface area (Å²) < 4.78 is 6.27. The third-order valence-electron chi connectivity index (χ3n) is 7.15. The van der Waals surface area contributed by atoms with Gasteiger partial charge in [0.15, 0.2) is 0 Å². The number of aliphatic hydroxyl groups excluding tert-OH is 1. The van der Waals surface area contributed by atoms with Crippen LogP contribution in [0, 0.1) is 11.8 Å². The van der Waals surface area contributed by atoms with Gasteiger partial charge in [-0.3, -0.25) is 9.69 Å². The third kappa shape index (κ3) is 6.19. The van der Waals surface area contributed by atoms with Gasteiger partial charge in [0.1, 0.15) is 11.9 Å². The van der Waals surface area contributed by atoms with Crippen LogP contribution >= 0.6 is 34.8 Å². The van der Waals surface area contributed by atoms with E-state index in [4.69, 9.17) is 39.5 Å². The van der Waals surface area contributed by atoms with E-state index in [1.165, 1.54) is 0 Å². The third-order valence-corrected chi connectivity index (χ3v) is 8.14.